The lowest BCUT2D eigenvalue weighted by molar-refractivity contribution is 0.0955. The maximum absolute atomic E-state index is 12.7. The number of carbonyl (C=O) groups is 1. The van der Waals surface area contributed by atoms with Crippen molar-refractivity contribution in [3.8, 4) is 5.75 Å². The van der Waals surface area contributed by atoms with Gasteiger partial charge in [-0.3, -0.25) is 4.79 Å². The van der Waals surface area contributed by atoms with Crippen LogP contribution < -0.4 is 5.43 Å². The number of carbonyl (C=O) groups excluding carboxylic acids is 1. The molecule has 0 aliphatic rings. The van der Waals surface area contributed by atoms with Crippen LogP contribution in [0.15, 0.2) is 47.6 Å². The van der Waals surface area contributed by atoms with Crippen molar-refractivity contribution < 1.29 is 14.3 Å². The minimum atomic E-state index is -0.422. The second-order valence-electron chi connectivity index (χ2n) is 3.92. The molecule has 0 heterocycles. The van der Waals surface area contributed by atoms with Gasteiger partial charge in [0, 0.05) is 5.56 Å². The summed E-state index contributed by atoms with van der Waals surface area (Å²) in [6.07, 6.45) is 1.46. The average molecular weight is 384 g/mol. The van der Waals surface area contributed by atoms with Gasteiger partial charge in [0.15, 0.2) is 0 Å². The Morgan fingerprint density at radius 1 is 1.25 bits per heavy atom. The Bertz CT molecular complexity index is 657. The van der Waals surface area contributed by atoms with Gasteiger partial charge in [0.25, 0.3) is 5.91 Å². The van der Waals surface area contributed by atoms with Crippen LogP contribution in [0.5, 0.6) is 5.75 Å². The van der Waals surface area contributed by atoms with Gasteiger partial charge in [-0.05, 0) is 70.6 Å². The molecule has 20 heavy (non-hydrogen) atoms. The SMILES string of the molecule is O=C(NN=Cc1ccc(O)c(I)c1)c1ccc(F)cc1. The van der Waals surface area contributed by atoms with E-state index in [4.69, 9.17) is 0 Å². The number of phenols is 1. The maximum Gasteiger partial charge on any atom is 0.271 e. The Hall–Kier alpha value is -1.96. The summed E-state index contributed by atoms with van der Waals surface area (Å²) in [7, 11) is 0. The highest BCUT2D eigenvalue weighted by molar-refractivity contribution is 14.1. The van der Waals surface area contributed by atoms with E-state index < -0.39 is 11.7 Å². The Kier molecular flexibility index (Phi) is 4.67. The van der Waals surface area contributed by atoms with Gasteiger partial charge in [-0.15, -0.1) is 0 Å². The van der Waals surface area contributed by atoms with Crippen LogP contribution in [-0.4, -0.2) is 17.2 Å². The Morgan fingerprint density at radius 2 is 1.95 bits per heavy atom. The van der Waals surface area contributed by atoms with E-state index in [1.54, 1.807) is 18.2 Å². The summed E-state index contributed by atoms with van der Waals surface area (Å²) >= 11 is 1.99. The smallest absolute Gasteiger partial charge is 0.271 e. The summed E-state index contributed by atoms with van der Waals surface area (Å²) in [6.45, 7) is 0. The number of nitrogens with one attached hydrogen (secondary N) is 1. The first-order valence-corrected chi connectivity index (χ1v) is 6.71. The number of hydrogen-bond donors (Lipinski definition) is 2. The van der Waals surface area contributed by atoms with Crippen LogP contribution in [0.2, 0.25) is 0 Å². The van der Waals surface area contributed by atoms with Crippen molar-refractivity contribution in [1.29, 1.82) is 0 Å². The number of hydrazone groups is 1. The molecule has 4 nitrogen and oxygen atoms in total. The number of aromatic hydroxyl groups is 1. The van der Waals surface area contributed by atoms with Crippen LogP contribution in [0.25, 0.3) is 0 Å². The lowest BCUT2D eigenvalue weighted by atomic mass is 10.2. The van der Waals surface area contributed by atoms with Crippen molar-refractivity contribution in [2.45, 2.75) is 0 Å². The molecule has 0 aliphatic carbocycles. The second-order valence-corrected chi connectivity index (χ2v) is 5.08. The number of nitrogens with zero attached hydrogens (tertiary/aromatic N) is 1. The molecule has 2 N–H and O–H groups in total. The summed E-state index contributed by atoms with van der Waals surface area (Å²) in [4.78, 5) is 11.7. The van der Waals surface area contributed by atoms with Crippen LogP contribution in [-0.2, 0) is 0 Å². The Morgan fingerprint density at radius 3 is 2.60 bits per heavy atom. The summed E-state index contributed by atoms with van der Waals surface area (Å²) < 4.78 is 13.4. The molecular weight excluding hydrogens is 374 g/mol. The second kappa shape index (κ2) is 6.47. The first-order valence-electron chi connectivity index (χ1n) is 5.64. The molecule has 0 radical (unpaired) electrons. The van der Waals surface area contributed by atoms with Crippen molar-refractivity contribution in [2.24, 2.45) is 5.10 Å². The Labute approximate surface area is 128 Å². The van der Waals surface area contributed by atoms with Gasteiger partial charge in [0.05, 0.1) is 9.78 Å². The highest BCUT2D eigenvalue weighted by Crippen LogP contribution is 2.19. The summed E-state index contributed by atoms with van der Waals surface area (Å²) in [5.41, 5.74) is 3.41. The van der Waals surface area contributed by atoms with Crippen molar-refractivity contribution in [1.82, 2.24) is 5.43 Å². The van der Waals surface area contributed by atoms with E-state index in [2.05, 4.69) is 10.5 Å². The molecule has 2 aromatic carbocycles. The summed E-state index contributed by atoms with van der Waals surface area (Å²) in [5.74, 6) is -0.628. The highest BCUT2D eigenvalue weighted by Gasteiger charge is 2.03. The highest BCUT2D eigenvalue weighted by atomic mass is 127. The molecule has 2 aromatic rings. The van der Waals surface area contributed by atoms with Gasteiger partial charge in [0.2, 0.25) is 0 Å². The van der Waals surface area contributed by atoms with Crippen LogP contribution in [0.4, 0.5) is 4.39 Å². The average Bonchev–Trinajstić information content (AvgIpc) is 2.43. The molecule has 0 spiro atoms. The fraction of sp³-hybridized carbons (Fsp3) is 0. The van der Waals surface area contributed by atoms with Crippen molar-refractivity contribution in [3.05, 3.63) is 63.0 Å². The lowest BCUT2D eigenvalue weighted by Gasteiger charge is -2.00. The zero-order valence-corrected chi connectivity index (χ0v) is 12.3. The number of halogens is 2. The standard InChI is InChI=1S/C14H10FIN2O2/c15-11-4-2-10(3-5-11)14(20)18-17-8-9-1-6-13(19)12(16)7-9/h1-8,19H,(H,18,20). The van der Waals surface area contributed by atoms with E-state index in [1.807, 2.05) is 22.6 Å². The third-order valence-electron chi connectivity index (χ3n) is 2.46. The molecule has 6 heteroatoms. The van der Waals surface area contributed by atoms with Crippen molar-refractivity contribution in [2.75, 3.05) is 0 Å². The minimum Gasteiger partial charge on any atom is -0.507 e. The number of benzene rings is 2. The van der Waals surface area contributed by atoms with Crippen molar-refractivity contribution in [3.63, 3.8) is 0 Å². The fourth-order valence-electron chi connectivity index (χ4n) is 1.43. The van der Waals surface area contributed by atoms with Crippen LogP contribution in [0.1, 0.15) is 15.9 Å². The molecule has 0 saturated carbocycles. The lowest BCUT2D eigenvalue weighted by Crippen LogP contribution is -2.17. The van der Waals surface area contributed by atoms with Crippen LogP contribution >= 0.6 is 22.6 Å². The van der Waals surface area contributed by atoms with Crippen molar-refractivity contribution >= 4 is 34.7 Å². The number of phenolic OH excluding ortho intramolecular Hbond substituents is 1. The molecule has 102 valence electrons. The van der Waals surface area contributed by atoms with Gasteiger partial charge in [-0.2, -0.15) is 5.10 Å². The van der Waals surface area contributed by atoms with Crippen LogP contribution in [0, 0.1) is 9.39 Å². The molecule has 2 rings (SSSR count). The molecule has 0 unspecified atom stereocenters. The van der Waals surface area contributed by atoms with E-state index in [-0.39, 0.29) is 5.75 Å². The predicted molar refractivity (Wildman–Crippen MR) is 82.3 cm³/mol. The van der Waals surface area contributed by atoms with E-state index in [0.717, 1.165) is 5.56 Å². The fourth-order valence-corrected chi connectivity index (χ4v) is 1.97. The summed E-state index contributed by atoms with van der Waals surface area (Å²) in [5, 5.41) is 13.2. The quantitative estimate of drug-likeness (QED) is 0.486. The Balaban J connectivity index is 2.00. The normalized spacial score (nSPS) is 10.7. The molecule has 0 aliphatic heterocycles. The van der Waals surface area contributed by atoms with Gasteiger partial charge in [-0.1, -0.05) is 0 Å². The van der Waals surface area contributed by atoms with Gasteiger partial charge < -0.3 is 5.11 Å². The third-order valence-corrected chi connectivity index (χ3v) is 3.32. The van der Waals surface area contributed by atoms with E-state index in [1.165, 1.54) is 30.5 Å². The maximum atomic E-state index is 12.7. The van der Waals surface area contributed by atoms with E-state index in [0.29, 0.717) is 9.13 Å². The number of hydrogen-bond acceptors (Lipinski definition) is 3. The van der Waals surface area contributed by atoms with Gasteiger partial charge >= 0.3 is 0 Å². The van der Waals surface area contributed by atoms with Crippen LogP contribution in [0.3, 0.4) is 0 Å². The topological polar surface area (TPSA) is 61.7 Å². The zero-order chi connectivity index (χ0) is 14.5. The molecule has 1 amide bonds. The molecule has 0 fully saturated rings. The molecule has 0 aromatic heterocycles. The first kappa shape index (κ1) is 14.4. The summed E-state index contributed by atoms with van der Waals surface area (Å²) in [6, 6.07) is 10.1. The van der Waals surface area contributed by atoms with Gasteiger partial charge in [0.1, 0.15) is 11.6 Å². The van der Waals surface area contributed by atoms with E-state index >= 15 is 0 Å². The van der Waals surface area contributed by atoms with E-state index in [9.17, 15) is 14.3 Å². The molecule has 0 atom stereocenters. The largest absolute Gasteiger partial charge is 0.507 e. The number of rotatable bonds is 3. The molecule has 0 bridgehead atoms. The molecular formula is C14H10FIN2O2. The molecule has 0 saturated heterocycles. The minimum absolute atomic E-state index is 0.193. The number of amides is 1. The predicted octanol–water partition coefficient (Wildman–Crippen LogP) is 2.90. The zero-order valence-electron chi connectivity index (χ0n) is 10.2. The van der Waals surface area contributed by atoms with Gasteiger partial charge in [-0.25, -0.2) is 9.82 Å². The third kappa shape index (κ3) is 3.77. The first-order chi connectivity index (χ1) is 9.56. The monoisotopic (exact) mass is 384 g/mol.